The molecule has 3 rings (SSSR count). The van der Waals surface area contributed by atoms with Gasteiger partial charge in [0.05, 0.1) is 16.2 Å². The van der Waals surface area contributed by atoms with E-state index in [1.807, 2.05) is 31.2 Å². The number of nitrogens with zero attached hydrogens (tertiary/aromatic N) is 1. The first-order valence-corrected chi connectivity index (χ1v) is 9.91. The molecule has 1 aliphatic heterocycles. The van der Waals surface area contributed by atoms with E-state index in [1.165, 1.54) is 0 Å². The fourth-order valence-corrected chi connectivity index (χ4v) is 3.94. The minimum absolute atomic E-state index is 0.0671. The van der Waals surface area contributed by atoms with Gasteiger partial charge in [0, 0.05) is 0 Å². The van der Waals surface area contributed by atoms with E-state index in [0.717, 1.165) is 16.7 Å². The summed E-state index contributed by atoms with van der Waals surface area (Å²) in [6.45, 7) is 8.95. The number of ketones is 1. The van der Waals surface area contributed by atoms with Gasteiger partial charge < -0.3 is 9.84 Å². The summed E-state index contributed by atoms with van der Waals surface area (Å²) in [5, 5.41) is 20.6. The molecule has 2 aromatic carbocycles. The molecule has 0 fully saturated rings. The Balaban J connectivity index is 2.26. The third kappa shape index (κ3) is 3.69. The zero-order valence-electron chi connectivity index (χ0n) is 17.3. The summed E-state index contributed by atoms with van der Waals surface area (Å²) in [5.74, 6) is -0.322. The third-order valence-electron chi connectivity index (χ3n) is 5.27. The smallest absolute Gasteiger partial charge is 0.198 e. The predicted molar refractivity (Wildman–Crippen MR) is 115 cm³/mol. The van der Waals surface area contributed by atoms with Crippen LogP contribution in [0, 0.1) is 11.3 Å². The Morgan fingerprint density at radius 1 is 1.07 bits per heavy atom. The van der Waals surface area contributed by atoms with Gasteiger partial charge in [0.15, 0.2) is 5.78 Å². The quantitative estimate of drug-likeness (QED) is 0.688. The molecular weight excluding hydrogens is 386 g/mol. The maximum absolute atomic E-state index is 13.2. The van der Waals surface area contributed by atoms with E-state index in [4.69, 9.17) is 16.3 Å². The van der Waals surface area contributed by atoms with Crippen LogP contribution in [0.3, 0.4) is 0 Å². The Labute approximate surface area is 176 Å². The molecule has 0 amide bonds. The Morgan fingerprint density at radius 2 is 1.69 bits per heavy atom. The van der Waals surface area contributed by atoms with E-state index in [2.05, 4.69) is 6.07 Å². The number of ether oxygens (including phenoxy) is 1. The summed E-state index contributed by atoms with van der Waals surface area (Å²) in [4.78, 5) is 13.2. The second-order valence-corrected chi connectivity index (χ2v) is 8.61. The van der Waals surface area contributed by atoms with Gasteiger partial charge in [0.2, 0.25) is 0 Å². The van der Waals surface area contributed by atoms with Gasteiger partial charge in [-0.3, -0.25) is 4.79 Å². The van der Waals surface area contributed by atoms with E-state index in [1.54, 1.807) is 39.8 Å². The number of aryl methyl sites for hydroxylation is 1. The van der Waals surface area contributed by atoms with Crippen LogP contribution in [0.2, 0.25) is 5.02 Å². The van der Waals surface area contributed by atoms with Crippen LogP contribution in [-0.4, -0.2) is 22.1 Å². The number of hydrogen-bond donors (Lipinski definition) is 1. The number of nitriles is 1. The van der Waals surface area contributed by atoms with Gasteiger partial charge in [-0.25, -0.2) is 0 Å². The normalized spacial score (nSPS) is 17.9. The zero-order valence-corrected chi connectivity index (χ0v) is 18.0. The van der Waals surface area contributed by atoms with Crippen molar-refractivity contribution in [3.8, 4) is 17.2 Å². The van der Waals surface area contributed by atoms with Gasteiger partial charge in [0.1, 0.15) is 23.0 Å². The van der Waals surface area contributed by atoms with Crippen molar-refractivity contribution in [3.63, 3.8) is 0 Å². The molecule has 1 aliphatic rings. The second-order valence-electron chi connectivity index (χ2n) is 8.21. The minimum atomic E-state index is -1.06. The fourth-order valence-electron chi connectivity index (χ4n) is 3.78. The van der Waals surface area contributed by atoms with Crippen LogP contribution in [0.25, 0.3) is 16.7 Å². The largest absolute Gasteiger partial charge is 0.508 e. The molecule has 4 nitrogen and oxygen atoms in total. The average Bonchev–Trinajstić information content (AvgIpc) is 2.66. The first kappa shape index (κ1) is 21.1. The molecule has 0 atom stereocenters. The maximum atomic E-state index is 13.2. The summed E-state index contributed by atoms with van der Waals surface area (Å²) in [6, 6.07) is 13.1. The molecule has 150 valence electrons. The molecule has 5 heteroatoms. The SMILES string of the molecule is CCc1ccc(-c2ccc(Cl)c(C#N)c2)cc1C1=C(O)C(C)(C)OC(C)(C)C1=O. The number of hydrogen-bond acceptors (Lipinski definition) is 4. The monoisotopic (exact) mass is 409 g/mol. The van der Waals surface area contributed by atoms with Crippen molar-refractivity contribution in [2.45, 2.75) is 52.2 Å². The van der Waals surface area contributed by atoms with Crippen LogP contribution in [-0.2, 0) is 16.0 Å². The number of aliphatic hydroxyl groups is 1. The van der Waals surface area contributed by atoms with Crippen molar-refractivity contribution in [1.82, 2.24) is 0 Å². The van der Waals surface area contributed by atoms with Gasteiger partial charge in [-0.2, -0.15) is 5.26 Å². The fraction of sp³-hybridized carbons (Fsp3) is 0.333. The molecule has 0 bridgehead atoms. The van der Waals surface area contributed by atoms with Crippen LogP contribution in [0.5, 0.6) is 0 Å². The highest BCUT2D eigenvalue weighted by atomic mass is 35.5. The molecule has 1 heterocycles. The zero-order chi connectivity index (χ0) is 21.6. The summed E-state index contributed by atoms with van der Waals surface area (Å²) < 4.78 is 5.86. The molecular formula is C24H24ClNO3. The van der Waals surface area contributed by atoms with Gasteiger partial charge in [-0.05, 0) is 74.6 Å². The van der Waals surface area contributed by atoms with Crippen molar-refractivity contribution >= 4 is 23.0 Å². The molecule has 0 saturated heterocycles. The van der Waals surface area contributed by atoms with Crippen molar-refractivity contribution in [2.24, 2.45) is 0 Å². The van der Waals surface area contributed by atoms with Crippen molar-refractivity contribution in [3.05, 3.63) is 63.9 Å². The summed E-state index contributed by atoms with van der Waals surface area (Å²) in [5.41, 5.74) is 1.92. The number of halogens is 1. The first-order valence-electron chi connectivity index (χ1n) is 9.54. The van der Waals surface area contributed by atoms with Crippen LogP contribution >= 0.6 is 11.6 Å². The van der Waals surface area contributed by atoms with Gasteiger partial charge >= 0.3 is 0 Å². The number of aliphatic hydroxyl groups excluding tert-OH is 1. The van der Waals surface area contributed by atoms with Gasteiger partial charge in [-0.15, -0.1) is 0 Å². The van der Waals surface area contributed by atoms with Crippen molar-refractivity contribution in [1.29, 1.82) is 5.26 Å². The highest BCUT2D eigenvalue weighted by Crippen LogP contribution is 2.41. The van der Waals surface area contributed by atoms with Crippen LogP contribution in [0.15, 0.2) is 42.2 Å². The second kappa shape index (κ2) is 7.33. The number of carbonyl (C=O) groups is 1. The predicted octanol–water partition coefficient (Wildman–Crippen LogP) is 5.87. The average molecular weight is 410 g/mol. The molecule has 0 unspecified atom stereocenters. The molecule has 0 saturated carbocycles. The van der Waals surface area contributed by atoms with Crippen LogP contribution in [0.1, 0.15) is 51.3 Å². The Hall–Kier alpha value is -2.61. The lowest BCUT2D eigenvalue weighted by Crippen LogP contribution is -2.49. The van der Waals surface area contributed by atoms with Crippen LogP contribution < -0.4 is 0 Å². The summed E-state index contributed by atoms with van der Waals surface area (Å²) in [6.07, 6.45) is 0.700. The molecule has 29 heavy (non-hydrogen) atoms. The molecule has 2 aromatic rings. The number of Topliss-reactive ketones (excluding diaryl/α,β-unsaturated/α-hetero) is 1. The number of carbonyl (C=O) groups excluding carboxylic acids is 1. The van der Waals surface area contributed by atoms with Gasteiger partial charge in [0.25, 0.3) is 0 Å². The van der Waals surface area contributed by atoms with E-state index in [9.17, 15) is 15.2 Å². The van der Waals surface area contributed by atoms with Crippen molar-refractivity contribution < 1.29 is 14.6 Å². The Bertz CT molecular complexity index is 1070. The minimum Gasteiger partial charge on any atom is -0.508 e. The van der Waals surface area contributed by atoms with E-state index in [-0.39, 0.29) is 11.5 Å². The maximum Gasteiger partial charge on any atom is 0.198 e. The van der Waals surface area contributed by atoms with E-state index in [0.29, 0.717) is 28.1 Å². The lowest BCUT2D eigenvalue weighted by molar-refractivity contribution is -0.158. The highest BCUT2D eigenvalue weighted by molar-refractivity contribution is 6.31. The Kier molecular flexibility index (Phi) is 5.34. The molecule has 0 aliphatic carbocycles. The standard InChI is InChI=1S/C24H24ClNO3/c1-6-14-7-8-16(15-9-10-19(25)17(11-15)13-26)12-18(14)20-21(27)23(2,3)29-24(4,5)22(20)28/h7-12,27H,6H2,1-5H3. The third-order valence-corrected chi connectivity index (χ3v) is 5.60. The molecule has 0 spiro atoms. The number of benzene rings is 2. The molecule has 0 radical (unpaired) electrons. The molecule has 0 aromatic heterocycles. The van der Waals surface area contributed by atoms with E-state index >= 15 is 0 Å². The van der Waals surface area contributed by atoms with Gasteiger partial charge in [-0.1, -0.05) is 36.7 Å². The van der Waals surface area contributed by atoms with Crippen LogP contribution in [0.4, 0.5) is 0 Å². The Morgan fingerprint density at radius 3 is 2.31 bits per heavy atom. The summed E-state index contributed by atoms with van der Waals surface area (Å²) in [7, 11) is 0. The lowest BCUT2D eigenvalue weighted by atomic mass is 9.80. The molecule has 1 N–H and O–H groups in total. The topological polar surface area (TPSA) is 70.3 Å². The highest BCUT2D eigenvalue weighted by Gasteiger charge is 2.47. The van der Waals surface area contributed by atoms with Crippen molar-refractivity contribution in [2.75, 3.05) is 0 Å². The number of rotatable bonds is 3. The lowest BCUT2D eigenvalue weighted by Gasteiger charge is -2.40. The summed E-state index contributed by atoms with van der Waals surface area (Å²) >= 11 is 6.06. The van der Waals surface area contributed by atoms with E-state index < -0.39 is 11.2 Å². The first-order chi connectivity index (χ1) is 13.5.